The molecule has 0 radical (unpaired) electrons. The zero-order valence-corrected chi connectivity index (χ0v) is 15.7. The Bertz CT molecular complexity index is 829. The highest BCUT2D eigenvalue weighted by Gasteiger charge is 2.37. The maximum absolute atomic E-state index is 12.9. The van der Waals surface area contributed by atoms with Gasteiger partial charge in [0.1, 0.15) is 6.04 Å². The minimum Gasteiger partial charge on any atom is -0.350 e. The molecule has 2 heterocycles. The average molecular weight is 365 g/mol. The van der Waals surface area contributed by atoms with Crippen molar-refractivity contribution < 1.29 is 9.59 Å². The fraction of sp³-hybridized carbons (Fsp3) is 0.500. The van der Waals surface area contributed by atoms with Crippen molar-refractivity contribution in [2.45, 2.75) is 57.5 Å². The van der Waals surface area contributed by atoms with E-state index in [9.17, 15) is 9.59 Å². The van der Waals surface area contributed by atoms with Gasteiger partial charge in [-0.3, -0.25) is 14.6 Å². The second-order valence-electron chi connectivity index (χ2n) is 7.77. The molecule has 2 aromatic rings. The minimum absolute atomic E-state index is 0.0251. The quantitative estimate of drug-likeness (QED) is 0.903. The van der Waals surface area contributed by atoms with Crippen LogP contribution in [0.1, 0.15) is 50.5 Å². The van der Waals surface area contributed by atoms with Crippen LogP contribution < -0.4 is 5.32 Å². The normalized spacial score (nSPS) is 20.7. The predicted octanol–water partition coefficient (Wildman–Crippen LogP) is 3.42. The zero-order chi connectivity index (χ0) is 18.6. The van der Waals surface area contributed by atoms with Crippen molar-refractivity contribution in [2.75, 3.05) is 6.54 Å². The van der Waals surface area contributed by atoms with Crippen LogP contribution in [0.5, 0.6) is 0 Å². The fourth-order valence-corrected chi connectivity index (χ4v) is 4.43. The van der Waals surface area contributed by atoms with Crippen molar-refractivity contribution in [3.8, 4) is 0 Å². The lowest BCUT2D eigenvalue weighted by Gasteiger charge is -2.30. The third kappa shape index (κ3) is 3.97. The van der Waals surface area contributed by atoms with Crippen LogP contribution in [-0.2, 0) is 16.1 Å². The molecule has 27 heavy (non-hydrogen) atoms. The van der Waals surface area contributed by atoms with Crippen molar-refractivity contribution in [1.82, 2.24) is 15.2 Å². The summed E-state index contributed by atoms with van der Waals surface area (Å²) in [5.74, 6) is 0.298. The minimum atomic E-state index is -0.304. The molecule has 1 unspecified atom stereocenters. The number of benzene rings is 1. The summed E-state index contributed by atoms with van der Waals surface area (Å²) in [6, 6.07) is 9.66. The number of fused-ring (bicyclic) bond motifs is 1. The number of pyridine rings is 1. The van der Waals surface area contributed by atoms with E-state index in [0.717, 1.165) is 61.5 Å². The second kappa shape index (κ2) is 8.07. The maximum atomic E-state index is 12.9. The smallest absolute Gasteiger partial charge is 0.243 e. The van der Waals surface area contributed by atoms with Gasteiger partial charge in [-0.05, 0) is 49.4 Å². The first-order valence-electron chi connectivity index (χ1n) is 10.1. The SMILES string of the molecule is O=C(NCc1ccc2ncccc2c1)C1CCCN1C(=O)C1CCCCC1. The first-order valence-corrected chi connectivity index (χ1v) is 10.1. The number of nitrogens with zero attached hydrogens (tertiary/aromatic N) is 2. The molecule has 0 spiro atoms. The van der Waals surface area contributed by atoms with Gasteiger partial charge in [0.15, 0.2) is 0 Å². The Kier molecular flexibility index (Phi) is 5.37. The molecule has 1 saturated heterocycles. The number of nitrogens with one attached hydrogen (secondary N) is 1. The lowest BCUT2D eigenvalue weighted by molar-refractivity contribution is -0.142. The van der Waals surface area contributed by atoms with Crippen LogP contribution in [0.4, 0.5) is 0 Å². The summed E-state index contributed by atoms with van der Waals surface area (Å²) >= 11 is 0. The number of hydrogen-bond acceptors (Lipinski definition) is 3. The van der Waals surface area contributed by atoms with E-state index >= 15 is 0 Å². The van der Waals surface area contributed by atoms with E-state index in [4.69, 9.17) is 0 Å². The number of aromatic nitrogens is 1. The van der Waals surface area contributed by atoms with Gasteiger partial charge < -0.3 is 10.2 Å². The number of carbonyl (C=O) groups excluding carboxylic acids is 2. The molecule has 1 N–H and O–H groups in total. The molecule has 2 amide bonds. The van der Waals surface area contributed by atoms with Crippen LogP contribution in [0.25, 0.3) is 10.9 Å². The molecule has 142 valence electrons. The van der Waals surface area contributed by atoms with Crippen molar-refractivity contribution in [1.29, 1.82) is 0 Å². The molecule has 1 aromatic heterocycles. The van der Waals surface area contributed by atoms with E-state index < -0.39 is 0 Å². The first-order chi connectivity index (χ1) is 13.2. The summed E-state index contributed by atoms with van der Waals surface area (Å²) in [6.45, 7) is 1.20. The van der Waals surface area contributed by atoms with Crippen molar-refractivity contribution >= 4 is 22.7 Å². The Balaban J connectivity index is 1.38. The van der Waals surface area contributed by atoms with Gasteiger partial charge in [0, 0.05) is 30.6 Å². The molecule has 5 heteroatoms. The van der Waals surface area contributed by atoms with E-state index in [0.29, 0.717) is 6.54 Å². The topological polar surface area (TPSA) is 62.3 Å². The third-order valence-corrected chi connectivity index (χ3v) is 5.93. The summed E-state index contributed by atoms with van der Waals surface area (Å²) in [6.07, 6.45) is 8.93. The number of hydrogen-bond donors (Lipinski definition) is 1. The van der Waals surface area contributed by atoms with Crippen molar-refractivity contribution in [3.05, 3.63) is 42.1 Å². The van der Waals surface area contributed by atoms with Gasteiger partial charge in [-0.1, -0.05) is 31.4 Å². The molecule has 1 aliphatic carbocycles. The van der Waals surface area contributed by atoms with Gasteiger partial charge in [0.2, 0.25) is 11.8 Å². The monoisotopic (exact) mass is 365 g/mol. The van der Waals surface area contributed by atoms with Crippen LogP contribution >= 0.6 is 0 Å². The molecular formula is C22H27N3O2. The van der Waals surface area contributed by atoms with Crippen LogP contribution in [0.15, 0.2) is 36.5 Å². The number of carbonyl (C=O) groups is 2. The summed E-state index contributed by atoms with van der Waals surface area (Å²) in [7, 11) is 0. The van der Waals surface area contributed by atoms with Crippen molar-refractivity contribution in [3.63, 3.8) is 0 Å². The van der Waals surface area contributed by atoms with E-state index in [1.54, 1.807) is 6.20 Å². The summed E-state index contributed by atoms with van der Waals surface area (Å²) in [5.41, 5.74) is 2.00. The lowest BCUT2D eigenvalue weighted by atomic mass is 9.88. The first kappa shape index (κ1) is 18.0. The van der Waals surface area contributed by atoms with E-state index in [2.05, 4.69) is 16.4 Å². The standard InChI is InChI=1S/C22H27N3O2/c26-21(24-15-16-10-11-19-18(14-16)8-4-12-23-19)20-9-5-13-25(20)22(27)17-6-2-1-3-7-17/h4,8,10-12,14,17,20H,1-3,5-7,9,13,15H2,(H,24,26). The van der Waals surface area contributed by atoms with Gasteiger partial charge in [0.05, 0.1) is 5.52 Å². The summed E-state index contributed by atoms with van der Waals surface area (Å²) in [4.78, 5) is 31.8. The Morgan fingerprint density at radius 3 is 2.78 bits per heavy atom. The molecule has 1 atom stereocenters. The molecular weight excluding hydrogens is 338 g/mol. The lowest BCUT2D eigenvalue weighted by Crippen LogP contribution is -2.47. The van der Waals surface area contributed by atoms with Gasteiger partial charge >= 0.3 is 0 Å². The molecule has 2 aliphatic rings. The summed E-state index contributed by atoms with van der Waals surface area (Å²) < 4.78 is 0. The highest BCUT2D eigenvalue weighted by Crippen LogP contribution is 2.29. The van der Waals surface area contributed by atoms with Crippen LogP contribution in [0.3, 0.4) is 0 Å². The number of likely N-dealkylation sites (tertiary alicyclic amines) is 1. The number of amides is 2. The highest BCUT2D eigenvalue weighted by atomic mass is 16.2. The van der Waals surface area contributed by atoms with Crippen LogP contribution in [0, 0.1) is 5.92 Å². The molecule has 1 aliphatic heterocycles. The van der Waals surface area contributed by atoms with Gasteiger partial charge in [-0.25, -0.2) is 0 Å². The predicted molar refractivity (Wildman–Crippen MR) is 105 cm³/mol. The van der Waals surface area contributed by atoms with E-state index in [1.807, 2.05) is 29.2 Å². The molecule has 4 rings (SSSR count). The second-order valence-corrected chi connectivity index (χ2v) is 7.77. The Hall–Kier alpha value is -2.43. The highest BCUT2D eigenvalue weighted by molar-refractivity contribution is 5.89. The maximum Gasteiger partial charge on any atom is 0.243 e. The fourth-order valence-electron chi connectivity index (χ4n) is 4.43. The number of rotatable bonds is 4. The molecule has 1 saturated carbocycles. The van der Waals surface area contributed by atoms with Crippen LogP contribution in [-0.4, -0.2) is 34.3 Å². The zero-order valence-electron chi connectivity index (χ0n) is 15.7. The Labute approximate surface area is 160 Å². The average Bonchev–Trinajstić information content (AvgIpc) is 3.22. The third-order valence-electron chi connectivity index (χ3n) is 5.93. The molecule has 2 fully saturated rings. The van der Waals surface area contributed by atoms with E-state index in [1.165, 1.54) is 6.42 Å². The largest absolute Gasteiger partial charge is 0.350 e. The Morgan fingerprint density at radius 1 is 1.07 bits per heavy atom. The Morgan fingerprint density at radius 2 is 1.93 bits per heavy atom. The molecule has 0 bridgehead atoms. The van der Waals surface area contributed by atoms with Gasteiger partial charge in [-0.15, -0.1) is 0 Å². The summed E-state index contributed by atoms with van der Waals surface area (Å²) in [5, 5.41) is 4.11. The molecule has 1 aromatic carbocycles. The van der Waals surface area contributed by atoms with Crippen LogP contribution in [0.2, 0.25) is 0 Å². The van der Waals surface area contributed by atoms with Crippen molar-refractivity contribution in [2.24, 2.45) is 5.92 Å². The van der Waals surface area contributed by atoms with Gasteiger partial charge in [-0.2, -0.15) is 0 Å². The van der Waals surface area contributed by atoms with Gasteiger partial charge in [0.25, 0.3) is 0 Å². The van der Waals surface area contributed by atoms with E-state index in [-0.39, 0.29) is 23.8 Å². The molecule has 5 nitrogen and oxygen atoms in total.